The van der Waals surface area contributed by atoms with Crippen molar-refractivity contribution in [2.45, 2.75) is 52.1 Å². The molecular formula is C15H26N4O. The lowest BCUT2D eigenvalue weighted by atomic mass is 9.92. The minimum atomic E-state index is -0.224. The highest BCUT2D eigenvalue weighted by molar-refractivity contribution is 5.47. The van der Waals surface area contributed by atoms with E-state index in [2.05, 4.69) is 35.6 Å². The number of rotatable bonds is 2. The molecule has 0 saturated carbocycles. The molecule has 0 aromatic carbocycles. The monoisotopic (exact) mass is 278 g/mol. The summed E-state index contributed by atoms with van der Waals surface area (Å²) in [5.74, 6) is 2.61. The first kappa shape index (κ1) is 15.0. The summed E-state index contributed by atoms with van der Waals surface area (Å²) >= 11 is 0. The van der Waals surface area contributed by atoms with E-state index < -0.39 is 0 Å². The molecule has 1 aliphatic rings. The van der Waals surface area contributed by atoms with Gasteiger partial charge in [-0.3, -0.25) is 0 Å². The van der Waals surface area contributed by atoms with Crippen molar-refractivity contribution in [3.8, 4) is 0 Å². The van der Waals surface area contributed by atoms with Crippen LogP contribution in [0, 0.1) is 5.92 Å². The Bertz CT molecular complexity index is 459. The van der Waals surface area contributed by atoms with Gasteiger partial charge in [-0.1, -0.05) is 20.8 Å². The minimum Gasteiger partial charge on any atom is -0.393 e. The van der Waals surface area contributed by atoms with Crippen molar-refractivity contribution in [2.75, 3.05) is 23.7 Å². The third-order valence-electron chi connectivity index (χ3n) is 3.95. The molecule has 5 heteroatoms. The summed E-state index contributed by atoms with van der Waals surface area (Å²) in [6.45, 7) is 9.97. The quantitative estimate of drug-likeness (QED) is 0.865. The number of anilines is 2. The van der Waals surface area contributed by atoms with Gasteiger partial charge < -0.3 is 15.7 Å². The second-order valence-corrected chi connectivity index (χ2v) is 6.79. The fourth-order valence-corrected chi connectivity index (χ4v) is 2.56. The Balaban J connectivity index is 2.16. The van der Waals surface area contributed by atoms with E-state index in [0.717, 1.165) is 37.6 Å². The summed E-state index contributed by atoms with van der Waals surface area (Å²) in [6, 6.07) is 1.85. The molecule has 0 aliphatic carbocycles. The number of piperidine rings is 1. The van der Waals surface area contributed by atoms with Crippen molar-refractivity contribution in [1.82, 2.24) is 9.97 Å². The molecule has 1 aliphatic heterocycles. The Morgan fingerprint density at radius 2 is 1.90 bits per heavy atom. The van der Waals surface area contributed by atoms with Crippen molar-refractivity contribution in [3.05, 3.63) is 11.9 Å². The lowest BCUT2D eigenvalue weighted by Crippen LogP contribution is -2.38. The van der Waals surface area contributed by atoms with Gasteiger partial charge in [-0.15, -0.1) is 0 Å². The van der Waals surface area contributed by atoms with Gasteiger partial charge in [0, 0.05) is 24.6 Å². The second-order valence-electron chi connectivity index (χ2n) is 6.79. The predicted octanol–water partition coefficient (Wildman–Crippen LogP) is 1.95. The molecule has 5 nitrogen and oxygen atoms in total. The van der Waals surface area contributed by atoms with Gasteiger partial charge in [-0.05, 0) is 25.7 Å². The average Bonchev–Trinajstić information content (AvgIpc) is 2.37. The van der Waals surface area contributed by atoms with Crippen molar-refractivity contribution in [2.24, 2.45) is 5.92 Å². The molecule has 0 amide bonds. The van der Waals surface area contributed by atoms with Crippen molar-refractivity contribution in [1.29, 1.82) is 0 Å². The summed E-state index contributed by atoms with van der Waals surface area (Å²) in [7, 11) is 0. The maximum Gasteiger partial charge on any atom is 0.138 e. The molecule has 0 radical (unpaired) electrons. The number of hydrogen-bond acceptors (Lipinski definition) is 5. The van der Waals surface area contributed by atoms with E-state index in [9.17, 15) is 5.11 Å². The summed E-state index contributed by atoms with van der Waals surface area (Å²) < 4.78 is 0. The number of nitrogens with zero attached hydrogens (tertiary/aromatic N) is 3. The van der Waals surface area contributed by atoms with Gasteiger partial charge in [-0.25, -0.2) is 9.97 Å². The molecule has 1 saturated heterocycles. The molecule has 1 fully saturated rings. The number of nitrogens with two attached hydrogens (primary N) is 1. The fraction of sp³-hybridized carbons (Fsp3) is 0.733. The molecule has 0 bridgehead atoms. The number of aliphatic hydroxyl groups excluding tert-OH is 1. The first-order valence-electron chi connectivity index (χ1n) is 7.35. The molecule has 1 aromatic rings. The van der Waals surface area contributed by atoms with E-state index >= 15 is 0 Å². The molecule has 112 valence electrons. The van der Waals surface area contributed by atoms with Gasteiger partial charge in [0.1, 0.15) is 17.5 Å². The van der Waals surface area contributed by atoms with Crippen LogP contribution in [0.2, 0.25) is 0 Å². The molecule has 1 unspecified atom stereocenters. The Kier molecular flexibility index (Phi) is 4.18. The van der Waals surface area contributed by atoms with E-state index in [-0.39, 0.29) is 11.5 Å². The van der Waals surface area contributed by atoms with Crippen LogP contribution in [0.1, 0.15) is 46.4 Å². The highest BCUT2D eigenvalue weighted by Gasteiger charge is 2.25. The first-order chi connectivity index (χ1) is 9.27. The zero-order chi connectivity index (χ0) is 14.9. The SMILES string of the molecule is CC(O)C1CCN(c2cc(N)nc(C(C)(C)C)n2)CC1. The summed E-state index contributed by atoms with van der Waals surface area (Å²) in [6.07, 6.45) is 1.76. The molecule has 1 atom stereocenters. The number of aromatic nitrogens is 2. The van der Waals surface area contributed by atoms with E-state index in [4.69, 9.17) is 5.73 Å². The van der Waals surface area contributed by atoms with Crippen molar-refractivity contribution >= 4 is 11.6 Å². The van der Waals surface area contributed by atoms with Crippen LogP contribution >= 0.6 is 0 Å². The zero-order valence-electron chi connectivity index (χ0n) is 12.9. The number of aliphatic hydroxyl groups is 1. The third-order valence-corrected chi connectivity index (χ3v) is 3.95. The summed E-state index contributed by atoms with van der Waals surface area (Å²) in [4.78, 5) is 11.3. The van der Waals surface area contributed by atoms with Gasteiger partial charge in [0.25, 0.3) is 0 Å². The van der Waals surface area contributed by atoms with Crippen LogP contribution in [-0.4, -0.2) is 34.3 Å². The largest absolute Gasteiger partial charge is 0.393 e. The van der Waals surface area contributed by atoms with Crippen LogP contribution in [0.15, 0.2) is 6.07 Å². The molecule has 20 heavy (non-hydrogen) atoms. The Hall–Kier alpha value is -1.36. The van der Waals surface area contributed by atoms with Crippen LogP contribution < -0.4 is 10.6 Å². The van der Waals surface area contributed by atoms with Gasteiger partial charge in [0.05, 0.1) is 6.10 Å². The topological polar surface area (TPSA) is 75.3 Å². The molecule has 0 spiro atoms. The average molecular weight is 278 g/mol. The molecular weight excluding hydrogens is 252 g/mol. The van der Waals surface area contributed by atoms with Crippen LogP contribution in [0.4, 0.5) is 11.6 Å². The fourth-order valence-electron chi connectivity index (χ4n) is 2.56. The van der Waals surface area contributed by atoms with E-state index in [0.29, 0.717) is 11.7 Å². The van der Waals surface area contributed by atoms with E-state index in [1.165, 1.54) is 0 Å². The third kappa shape index (κ3) is 3.39. The van der Waals surface area contributed by atoms with E-state index in [1.807, 2.05) is 13.0 Å². The first-order valence-corrected chi connectivity index (χ1v) is 7.35. The Morgan fingerprint density at radius 1 is 1.30 bits per heavy atom. The van der Waals surface area contributed by atoms with Crippen molar-refractivity contribution in [3.63, 3.8) is 0 Å². The van der Waals surface area contributed by atoms with E-state index in [1.54, 1.807) is 0 Å². The lowest BCUT2D eigenvalue weighted by molar-refractivity contribution is 0.110. The predicted molar refractivity (Wildman–Crippen MR) is 81.8 cm³/mol. The number of nitrogen functional groups attached to an aromatic ring is 1. The maximum atomic E-state index is 9.66. The highest BCUT2D eigenvalue weighted by atomic mass is 16.3. The second kappa shape index (κ2) is 5.56. The Labute approximate surface area is 121 Å². The van der Waals surface area contributed by atoms with Gasteiger partial charge in [0.15, 0.2) is 0 Å². The van der Waals surface area contributed by atoms with Gasteiger partial charge in [0.2, 0.25) is 0 Å². The van der Waals surface area contributed by atoms with Crippen molar-refractivity contribution < 1.29 is 5.11 Å². The molecule has 1 aromatic heterocycles. The van der Waals surface area contributed by atoms with Crippen LogP contribution in [0.25, 0.3) is 0 Å². The zero-order valence-corrected chi connectivity index (χ0v) is 12.9. The van der Waals surface area contributed by atoms with Crippen LogP contribution in [0.3, 0.4) is 0 Å². The smallest absolute Gasteiger partial charge is 0.138 e. The number of hydrogen-bond donors (Lipinski definition) is 2. The lowest BCUT2D eigenvalue weighted by Gasteiger charge is -2.34. The minimum absolute atomic E-state index is 0.109. The normalized spacial score (nSPS) is 19.1. The van der Waals surface area contributed by atoms with Gasteiger partial charge >= 0.3 is 0 Å². The molecule has 2 rings (SSSR count). The summed E-state index contributed by atoms with van der Waals surface area (Å²) in [5.41, 5.74) is 5.81. The summed E-state index contributed by atoms with van der Waals surface area (Å²) in [5, 5.41) is 9.66. The molecule has 2 heterocycles. The molecule has 3 N–H and O–H groups in total. The van der Waals surface area contributed by atoms with Gasteiger partial charge in [-0.2, -0.15) is 0 Å². The Morgan fingerprint density at radius 3 is 2.40 bits per heavy atom. The maximum absolute atomic E-state index is 9.66. The highest BCUT2D eigenvalue weighted by Crippen LogP contribution is 2.27. The van der Waals surface area contributed by atoms with Crippen LogP contribution in [0.5, 0.6) is 0 Å². The standard InChI is InChI=1S/C15H26N4O/c1-10(20)11-5-7-19(8-6-11)13-9-12(16)17-14(18-13)15(2,3)4/h9-11,20H,5-8H2,1-4H3,(H2,16,17,18). The van der Waals surface area contributed by atoms with Crippen LogP contribution in [-0.2, 0) is 5.41 Å².